The molecule has 0 aliphatic carbocycles. The van der Waals surface area contributed by atoms with Gasteiger partial charge in [-0.1, -0.05) is 66.2 Å². The van der Waals surface area contributed by atoms with E-state index in [9.17, 15) is 0 Å². The van der Waals surface area contributed by atoms with Gasteiger partial charge in [-0.2, -0.15) is 23.1 Å². The van der Waals surface area contributed by atoms with E-state index in [1.54, 1.807) is 58.9 Å². The summed E-state index contributed by atoms with van der Waals surface area (Å²) in [5.41, 5.74) is 0.817. The lowest BCUT2D eigenvalue weighted by atomic mass is 9.97. The second-order valence-corrected chi connectivity index (χ2v) is 21.7. The van der Waals surface area contributed by atoms with Crippen LogP contribution in [0.5, 0.6) is 34.8 Å². The van der Waals surface area contributed by atoms with Gasteiger partial charge in [0.25, 0.3) is 0 Å². The Kier molecular flexibility index (Phi) is 16.9. The molecule has 2 fully saturated rings. The van der Waals surface area contributed by atoms with Gasteiger partial charge in [-0.25, -0.2) is 14.4 Å². The fourth-order valence-corrected chi connectivity index (χ4v) is 12.0. The molecule has 2 atom stereocenters. The first-order valence-corrected chi connectivity index (χ1v) is 28.2. The van der Waals surface area contributed by atoms with Crippen molar-refractivity contribution < 1.29 is 50.7 Å². The van der Waals surface area contributed by atoms with Crippen molar-refractivity contribution >= 4 is 40.0 Å². The Morgan fingerprint density at radius 3 is 1.82 bits per heavy atom. The number of halogens is 5. The first-order valence-electron chi connectivity index (χ1n) is 27.8. The van der Waals surface area contributed by atoms with E-state index in [1.807, 2.05) is 102 Å². The number of benzene rings is 5. The number of hydrogen-bond acceptors (Lipinski definition) is 15. The van der Waals surface area contributed by atoms with Crippen LogP contribution in [0.1, 0.15) is 64.8 Å². The van der Waals surface area contributed by atoms with Crippen molar-refractivity contribution in [3.8, 4) is 46.0 Å². The number of methoxy groups -OCH3 is 4. The maximum absolute atomic E-state index is 18.6. The lowest BCUT2D eigenvalue weighted by Gasteiger charge is -2.41. The van der Waals surface area contributed by atoms with E-state index < -0.39 is 45.4 Å². The Hall–Kier alpha value is -8.13. The molecule has 5 aromatic carbocycles. The first-order chi connectivity index (χ1) is 40.7. The Morgan fingerprint density at radius 2 is 1.27 bits per heavy atom. The van der Waals surface area contributed by atoms with Crippen LogP contribution in [0.4, 0.5) is 35.0 Å². The van der Waals surface area contributed by atoms with E-state index in [0.29, 0.717) is 50.2 Å². The van der Waals surface area contributed by atoms with Gasteiger partial charge in [0.15, 0.2) is 11.6 Å². The molecule has 0 bridgehead atoms. The number of morpholine rings is 1. The summed E-state index contributed by atoms with van der Waals surface area (Å²) in [4.78, 5) is 28.0. The zero-order chi connectivity index (χ0) is 58.7. The van der Waals surface area contributed by atoms with E-state index in [-0.39, 0.29) is 72.7 Å². The molecule has 1 unspecified atom stereocenters. The zero-order valence-corrected chi connectivity index (χ0v) is 48.4. The standard InChI is InChI=1S/C64H65ClF4N8O7/c1-40-33-51(74(34-42-10-18-46(78-3)19-11-42)35-43-12-20-47(79-4)21-13-43)71-57(54(40)64(67,68)69)52-55(65)59-53-58(56(52)66)72-62(84-39-63-26-8-28-76(63)29-31-82-38-63)73-61(53)77(30-32-83-59)41(2)50-9-7-27-70-60(50)75(36-44-14-22-48(80-5)23-15-44)37-45-16-24-49(81-6)25-17-45/h7,9-25,27,33,41H,8,26,28-32,34-39H2,1-6H3/t41-,63?/m1/s1. The zero-order valence-electron chi connectivity index (χ0n) is 47.6. The number of hydrogen-bond donors (Lipinski definition) is 0. The smallest absolute Gasteiger partial charge is 0.418 e. The number of aryl methyl sites for hydroxylation is 1. The number of aromatic nitrogens is 4. The van der Waals surface area contributed by atoms with Crippen molar-refractivity contribution in [2.45, 2.75) is 70.6 Å². The number of anilines is 3. The van der Waals surface area contributed by atoms with Crippen LogP contribution in [0, 0.1) is 12.7 Å². The minimum atomic E-state index is -5.02. The number of rotatable bonds is 20. The van der Waals surface area contributed by atoms with Crippen LogP contribution in [-0.4, -0.2) is 105 Å². The summed E-state index contributed by atoms with van der Waals surface area (Å²) in [6.07, 6.45) is -1.58. The van der Waals surface area contributed by atoms with E-state index in [0.717, 1.165) is 58.7 Å². The van der Waals surface area contributed by atoms with Gasteiger partial charge in [0.1, 0.15) is 59.2 Å². The second kappa shape index (κ2) is 24.6. The lowest BCUT2D eigenvalue weighted by Crippen LogP contribution is -2.56. The molecule has 8 aromatic rings. The quantitative estimate of drug-likeness (QED) is 0.0671. The Bertz CT molecular complexity index is 3520. The van der Waals surface area contributed by atoms with Crippen molar-refractivity contribution in [3.63, 3.8) is 0 Å². The van der Waals surface area contributed by atoms with Gasteiger partial charge < -0.3 is 47.9 Å². The molecule has 0 N–H and O–H groups in total. The molecule has 0 spiro atoms. The number of alkyl halides is 3. The molecule has 0 saturated carbocycles. The normalized spacial score (nSPS) is 16.3. The number of ether oxygens (including phenoxy) is 7. The van der Waals surface area contributed by atoms with Crippen molar-refractivity contribution in [2.75, 3.05) is 89.2 Å². The van der Waals surface area contributed by atoms with Crippen LogP contribution in [0.25, 0.3) is 22.2 Å². The van der Waals surface area contributed by atoms with Crippen molar-refractivity contribution in [1.29, 1.82) is 0 Å². The average Bonchev–Trinajstić information content (AvgIpc) is 1.62. The Morgan fingerprint density at radius 1 is 0.714 bits per heavy atom. The van der Waals surface area contributed by atoms with E-state index in [1.165, 1.54) is 13.0 Å². The third-order valence-electron chi connectivity index (χ3n) is 16.1. The van der Waals surface area contributed by atoms with Crippen molar-refractivity contribution in [1.82, 2.24) is 24.8 Å². The minimum absolute atomic E-state index is 0.0423. The minimum Gasteiger partial charge on any atom is -0.497 e. The average molecular weight is 1170 g/mol. The van der Waals surface area contributed by atoms with Crippen LogP contribution in [-0.2, 0) is 37.1 Å². The summed E-state index contributed by atoms with van der Waals surface area (Å²) >= 11 is 7.43. The Labute approximate surface area is 490 Å². The Balaban J connectivity index is 1.07. The number of pyridine rings is 2. The topological polar surface area (TPSA) is 129 Å². The third kappa shape index (κ3) is 11.9. The molecular formula is C64H65ClF4N8O7. The summed E-state index contributed by atoms with van der Waals surface area (Å²) in [6, 6.07) is 34.9. The lowest BCUT2D eigenvalue weighted by molar-refractivity contribution is -0.137. The van der Waals surface area contributed by atoms with Gasteiger partial charge >= 0.3 is 12.2 Å². The molecule has 3 aliphatic heterocycles. The largest absolute Gasteiger partial charge is 0.497 e. The predicted octanol–water partition coefficient (Wildman–Crippen LogP) is 12.9. The van der Waals surface area contributed by atoms with Crippen LogP contribution in [0.3, 0.4) is 0 Å². The molecule has 3 aromatic heterocycles. The molecule has 15 nitrogen and oxygen atoms in total. The van der Waals surface area contributed by atoms with Gasteiger partial charge in [-0.05, 0) is 122 Å². The maximum Gasteiger partial charge on any atom is 0.418 e. The molecular weight excluding hydrogens is 1100 g/mol. The highest BCUT2D eigenvalue weighted by Crippen LogP contribution is 2.52. The summed E-state index contributed by atoms with van der Waals surface area (Å²) in [6.45, 7) is 7.42. The summed E-state index contributed by atoms with van der Waals surface area (Å²) in [7, 11) is 6.38. The van der Waals surface area contributed by atoms with Gasteiger partial charge in [0.2, 0.25) is 0 Å². The third-order valence-corrected chi connectivity index (χ3v) is 16.5. The summed E-state index contributed by atoms with van der Waals surface area (Å²) in [5.74, 6) is 2.44. The summed E-state index contributed by atoms with van der Waals surface area (Å²) in [5, 5.41) is -0.369. The molecule has 3 aliphatic rings. The molecule has 0 radical (unpaired) electrons. The highest BCUT2D eigenvalue weighted by atomic mass is 35.5. The molecule has 20 heteroatoms. The van der Waals surface area contributed by atoms with Gasteiger partial charge in [0.05, 0.1) is 87.0 Å². The number of nitrogens with zero attached hydrogens (tertiary/aromatic N) is 8. The van der Waals surface area contributed by atoms with Crippen molar-refractivity contribution in [2.24, 2.45) is 0 Å². The van der Waals surface area contributed by atoms with E-state index in [2.05, 4.69) is 9.80 Å². The second-order valence-electron chi connectivity index (χ2n) is 21.3. The highest BCUT2D eigenvalue weighted by molar-refractivity contribution is 6.36. The van der Waals surface area contributed by atoms with Crippen LogP contribution in [0.15, 0.2) is 121 Å². The summed E-state index contributed by atoms with van der Waals surface area (Å²) < 4.78 is 107. The highest BCUT2D eigenvalue weighted by Gasteiger charge is 2.45. The van der Waals surface area contributed by atoms with Crippen LogP contribution in [0.2, 0.25) is 5.02 Å². The molecule has 6 heterocycles. The predicted molar refractivity (Wildman–Crippen MR) is 315 cm³/mol. The number of fused-ring (bicyclic) bond motifs is 1. The molecule has 0 amide bonds. The van der Waals surface area contributed by atoms with E-state index in [4.69, 9.17) is 64.7 Å². The van der Waals surface area contributed by atoms with Gasteiger partial charge in [0, 0.05) is 44.5 Å². The van der Waals surface area contributed by atoms with Gasteiger partial charge in [-0.3, -0.25) is 4.90 Å². The molecule has 84 heavy (non-hydrogen) atoms. The molecule has 438 valence electrons. The maximum atomic E-state index is 18.6. The van der Waals surface area contributed by atoms with Crippen LogP contribution >= 0.6 is 11.6 Å². The van der Waals surface area contributed by atoms with E-state index >= 15 is 17.6 Å². The monoisotopic (exact) mass is 1170 g/mol. The fraction of sp³-hybridized carbons (Fsp3) is 0.344. The molecule has 2 saturated heterocycles. The fourth-order valence-electron chi connectivity index (χ4n) is 11.7. The van der Waals surface area contributed by atoms with Crippen LogP contribution < -0.4 is 43.1 Å². The van der Waals surface area contributed by atoms with Crippen molar-refractivity contribution in [3.05, 3.63) is 171 Å². The van der Waals surface area contributed by atoms with Gasteiger partial charge in [-0.15, -0.1) is 0 Å². The SMILES string of the molecule is COc1ccc(CN(Cc2ccc(OC)cc2)c2cc(C)c(C(F)(F)F)c(-c3c(Cl)c4c5c(nc(OCC67CCCN6CCOC7)nc5c3F)N([C@H](C)c3cccnc3N(Cc3ccc(OC)cc3)Cc3ccc(OC)cc3)CCO4)n2)cc1. The first kappa shape index (κ1) is 57.7. The molecule has 11 rings (SSSR count).